The fourth-order valence-corrected chi connectivity index (χ4v) is 2.91. The van der Waals surface area contributed by atoms with Crippen LogP contribution in [-0.4, -0.2) is 12.1 Å². The molecular formula is C11H10BrFN2OS. The predicted octanol–water partition coefficient (Wildman–Crippen LogP) is 3.18. The van der Waals surface area contributed by atoms with E-state index in [1.807, 2.05) is 0 Å². The van der Waals surface area contributed by atoms with Crippen LogP contribution in [-0.2, 0) is 6.54 Å². The van der Waals surface area contributed by atoms with Crippen molar-refractivity contribution in [3.05, 3.63) is 33.5 Å². The van der Waals surface area contributed by atoms with Crippen molar-refractivity contribution in [1.82, 2.24) is 4.98 Å². The van der Waals surface area contributed by atoms with Crippen molar-refractivity contribution in [2.45, 2.75) is 6.54 Å². The van der Waals surface area contributed by atoms with Crippen LogP contribution in [0, 0.1) is 5.82 Å². The maximum Gasteiger partial charge on any atom is 0.165 e. The standard InChI is InChI=1S/C11H10BrFN2OS/c1-16-9-3-2-6(4-7(9)13)11-15-8(5-14)10(12)17-11/h2-4H,5,14H2,1H3. The molecule has 0 fully saturated rings. The molecule has 2 rings (SSSR count). The number of thiazole rings is 1. The second kappa shape index (κ2) is 5.12. The van der Waals surface area contributed by atoms with E-state index in [2.05, 4.69) is 20.9 Å². The van der Waals surface area contributed by atoms with E-state index < -0.39 is 5.82 Å². The highest BCUT2D eigenvalue weighted by molar-refractivity contribution is 9.11. The molecule has 0 radical (unpaired) electrons. The molecule has 90 valence electrons. The maximum atomic E-state index is 13.5. The van der Waals surface area contributed by atoms with E-state index in [4.69, 9.17) is 10.5 Å². The van der Waals surface area contributed by atoms with Crippen LogP contribution in [0.1, 0.15) is 5.69 Å². The summed E-state index contributed by atoms with van der Waals surface area (Å²) in [5.74, 6) is -0.172. The average molecular weight is 317 g/mol. The van der Waals surface area contributed by atoms with Gasteiger partial charge in [0, 0.05) is 12.1 Å². The van der Waals surface area contributed by atoms with E-state index >= 15 is 0 Å². The summed E-state index contributed by atoms with van der Waals surface area (Å²) >= 11 is 4.81. The number of hydrogen-bond acceptors (Lipinski definition) is 4. The Balaban J connectivity index is 2.42. The minimum absolute atomic E-state index is 0.225. The van der Waals surface area contributed by atoms with Gasteiger partial charge in [0.15, 0.2) is 11.6 Å². The summed E-state index contributed by atoms with van der Waals surface area (Å²) in [6.45, 7) is 0.357. The van der Waals surface area contributed by atoms with Crippen LogP contribution in [0.3, 0.4) is 0 Å². The van der Waals surface area contributed by atoms with Crippen molar-refractivity contribution in [1.29, 1.82) is 0 Å². The number of benzene rings is 1. The average Bonchev–Trinajstić information content (AvgIpc) is 2.70. The molecule has 0 atom stereocenters. The van der Waals surface area contributed by atoms with Gasteiger partial charge in [0.05, 0.1) is 16.6 Å². The molecule has 0 aliphatic rings. The lowest BCUT2D eigenvalue weighted by Crippen LogP contribution is -1.96. The molecule has 3 nitrogen and oxygen atoms in total. The third kappa shape index (κ3) is 2.48. The maximum absolute atomic E-state index is 13.5. The van der Waals surface area contributed by atoms with Gasteiger partial charge < -0.3 is 10.5 Å². The molecule has 2 N–H and O–H groups in total. The van der Waals surface area contributed by atoms with Crippen molar-refractivity contribution in [3.63, 3.8) is 0 Å². The van der Waals surface area contributed by atoms with Crippen molar-refractivity contribution in [2.75, 3.05) is 7.11 Å². The minimum atomic E-state index is -0.398. The molecule has 6 heteroatoms. The van der Waals surface area contributed by atoms with Gasteiger partial charge in [-0.2, -0.15) is 0 Å². The summed E-state index contributed by atoms with van der Waals surface area (Å²) in [5, 5.41) is 0.735. The number of rotatable bonds is 3. The van der Waals surface area contributed by atoms with E-state index in [0.717, 1.165) is 14.5 Å². The molecule has 17 heavy (non-hydrogen) atoms. The molecule has 1 aromatic heterocycles. The zero-order chi connectivity index (χ0) is 12.4. The zero-order valence-corrected chi connectivity index (χ0v) is 11.4. The summed E-state index contributed by atoms with van der Waals surface area (Å²) in [6, 6.07) is 4.76. The summed E-state index contributed by atoms with van der Waals surface area (Å²) < 4.78 is 19.3. The van der Waals surface area contributed by atoms with Gasteiger partial charge in [-0.1, -0.05) is 0 Å². The van der Waals surface area contributed by atoms with Crippen molar-refractivity contribution < 1.29 is 9.13 Å². The summed E-state index contributed by atoms with van der Waals surface area (Å²) in [5.41, 5.74) is 7.03. The van der Waals surface area contributed by atoms with E-state index in [0.29, 0.717) is 12.1 Å². The first-order chi connectivity index (χ1) is 8.15. The highest BCUT2D eigenvalue weighted by atomic mass is 79.9. The minimum Gasteiger partial charge on any atom is -0.494 e. The molecule has 0 aliphatic carbocycles. The Morgan fingerprint density at radius 2 is 2.29 bits per heavy atom. The third-order valence-corrected chi connectivity index (χ3v) is 4.12. The topological polar surface area (TPSA) is 48.1 Å². The largest absolute Gasteiger partial charge is 0.494 e. The van der Waals surface area contributed by atoms with Crippen LogP contribution >= 0.6 is 27.3 Å². The molecule has 0 amide bonds. The lowest BCUT2D eigenvalue weighted by molar-refractivity contribution is 0.386. The first-order valence-corrected chi connectivity index (χ1v) is 6.46. The predicted molar refractivity (Wildman–Crippen MR) is 69.7 cm³/mol. The van der Waals surface area contributed by atoms with Gasteiger partial charge in [0.1, 0.15) is 5.01 Å². The van der Waals surface area contributed by atoms with E-state index in [9.17, 15) is 4.39 Å². The first-order valence-electron chi connectivity index (χ1n) is 4.85. The van der Waals surface area contributed by atoms with Gasteiger partial charge in [-0.05, 0) is 34.1 Å². The number of nitrogens with two attached hydrogens (primary N) is 1. The van der Waals surface area contributed by atoms with Gasteiger partial charge in [-0.3, -0.25) is 0 Å². The Kier molecular flexibility index (Phi) is 3.76. The molecule has 1 heterocycles. The van der Waals surface area contributed by atoms with Crippen LogP contribution in [0.4, 0.5) is 4.39 Å². The van der Waals surface area contributed by atoms with E-state index in [-0.39, 0.29) is 5.75 Å². The number of methoxy groups -OCH3 is 1. The quantitative estimate of drug-likeness (QED) is 0.946. The molecule has 0 spiro atoms. The second-order valence-electron chi connectivity index (χ2n) is 3.29. The number of aromatic nitrogens is 1. The summed E-state index contributed by atoms with van der Waals surface area (Å²) in [7, 11) is 1.44. The fraction of sp³-hybridized carbons (Fsp3) is 0.182. The van der Waals surface area contributed by atoms with Crippen molar-refractivity contribution in [2.24, 2.45) is 5.73 Å². The van der Waals surface area contributed by atoms with Gasteiger partial charge in [0.2, 0.25) is 0 Å². The van der Waals surface area contributed by atoms with Crippen molar-refractivity contribution >= 4 is 27.3 Å². The van der Waals surface area contributed by atoms with Crippen LogP contribution in [0.15, 0.2) is 22.0 Å². The summed E-state index contributed by atoms with van der Waals surface area (Å²) in [6.07, 6.45) is 0. The van der Waals surface area contributed by atoms with Crippen molar-refractivity contribution in [3.8, 4) is 16.3 Å². The molecule has 0 saturated carbocycles. The van der Waals surface area contributed by atoms with Crippen LogP contribution in [0.2, 0.25) is 0 Å². The molecule has 0 bridgehead atoms. The van der Waals surface area contributed by atoms with Gasteiger partial charge in [-0.15, -0.1) is 11.3 Å². The van der Waals surface area contributed by atoms with Gasteiger partial charge >= 0.3 is 0 Å². The number of ether oxygens (including phenoxy) is 1. The Hall–Kier alpha value is -0.980. The molecule has 0 aliphatic heterocycles. The van der Waals surface area contributed by atoms with Crippen LogP contribution in [0.5, 0.6) is 5.75 Å². The fourth-order valence-electron chi connectivity index (χ4n) is 1.38. The lowest BCUT2D eigenvalue weighted by atomic mass is 10.2. The normalized spacial score (nSPS) is 10.6. The highest BCUT2D eigenvalue weighted by Gasteiger charge is 2.11. The van der Waals surface area contributed by atoms with Crippen LogP contribution in [0.25, 0.3) is 10.6 Å². The smallest absolute Gasteiger partial charge is 0.165 e. The number of halogens is 2. The molecular weight excluding hydrogens is 307 g/mol. The molecule has 0 unspecified atom stereocenters. The third-order valence-electron chi connectivity index (χ3n) is 2.24. The Morgan fingerprint density at radius 3 is 2.82 bits per heavy atom. The van der Waals surface area contributed by atoms with Crippen LogP contribution < -0.4 is 10.5 Å². The Labute approximate surface area is 111 Å². The van der Waals surface area contributed by atoms with E-state index in [1.165, 1.54) is 24.5 Å². The number of hydrogen-bond donors (Lipinski definition) is 1. The number of nitrogens with zero attached hydrogens (tertiary/aromatic N) is 1. The Bertz CT molecular complexity index is 544. The first kappa shape index (κ1) is 12.5. The van der Waals surface area contributed by atoms with Gasteiger partial charge in [0.25, 0.3) is 0 Å². The zero-order valence-electron chi connectivity index (χ0n) is 9.04. The highest BCUT2D eigenvalue weighted by Crippen LogP contribution is 2.33. The Morgan fingerprint density at radius 1 is 1.53 bits per heavy atom. The molecule has 0 saturated heterocycles. The second-order valence-corrected chi connectivity index (χ2v) is 5.61. The summed E-state index contributed by atoms with van der Waals surface area (Å²) in [4.78, 5) is 4.33. The monoisotopic (exact) mass is 316 g/mol. The van der Waals surface area contributed by atoms with E-state index in [1.54, 1.807) is 12.1 Å². The molecule has 2 aromatic rings. The SMILES string of the molecule is COc1ccc(-c2nc(CN)c(Br)s2)cc1F. The molecule has 1 aromatic carbocycles. The lowest BCUT2D eigenvalue weighted by Gasteiger charge is -2.02. The van der Waals surface area contributed by atoms with Gasteiger partial charge in [-0.25, -0.2) is 9.37 Å².